The van der Waals surface area contributed by atoms with Gasteiger partial charge in [0.1, 0.15) is 12.4 Å². The number of nitrogens with zero attached hydrogens (tertiary/aromatic N) is 2. The van der Waals surface area contributed by atoms with Crippen LogP contribution in [0.1, 0.15) is 55.5 Å². The third-order valence-corrected chi connectivity index (χ3v) is 7.06. The van der Waals surface area contributed by atoms with Crippen LogP contribution < -0.4 is 14.2 Å². The highest BCUT2D eigenvalue weighted by Crippen LogP contribution is 2.28. The maximum Gasteiger partial charge on any atom is 0.257 e. The number of rotatable bonds is 10. The Morgan fingerprint density at radius 2 is 1.77 bits per heavy atom. The van der Waals surface area contributed by atoms with Crippen LogP contribution in [-0.4, -0.2) is 81.8 Å². The van der Waals surface area contributed by atoms with E-state index in [0.29, 0.717) is 74.4 Å². The topological polar surface area (TPSA) is 77.5 Å². The Hall–Kier alpha value is -3.26. The van der Waals surface area contributed by atoms with Gasteiger partial charge < -0.3 is 28.7 Å². The lowest BCUT2D eigenvalue weighted by atomic mass is 10.0. The number of methoxy groups -OCH3 is 3. The largest absolute Gasteiger partial charge is 0.493 e. The van der Waals surface area contributed by atoms with Crippen LogP contribution in [0.4, 0.5) is 0 Å². The Morgan fingerprint density at radius 3 is 2.49 bits per heavy atom. The summed E-state index contributed by atoms with van der Waals surface area (Å²) in [4.78, 5) is 30.9. The molecule has 1 heterocycles. The van der Waals surface area contributed by atoms with Gasteiger partial charge in [0.25, 0.3) is 5.91 Å². The Labute approximate surface area is 233 Å². The van der Waals surface area contributed by atoms with Gasteiger partial charge >= 0.3 is 0 Å². The summed E-state index contributed by atoms with van der Waals surface area (Å²) in [6, 6.07) is 13.1. The molecule has 8 heteroatoms. The molecule has 2 aromatic rings. The van der Waals surface area contributed by atoms with Crippen molar-refractivity contribution in [1.29, 1.82) is 0 Å². The molecular weight excluding hydrogens is 496 g/mol. The molecule has 0 unspecified atom stereocenters. The van der Waals surface area contributed by atoms with Crippen LogP contribution in [0.5, 0.6) is 17.2 Å². The summed E-state index contributed by atoms with van der Waals surface area (Å²) in [5.74, 6) is 2.32. The Kier molecular flexibility index (Phi) is 11.9. The molecule has 0 radical (unpaired) electrons. The standard InChI is InChI=1S/C31H44N2O6/c1-23(2)20-25-22-39-27-11-7-6-10-26(27)31(35)32(18-19-36-3)16-8-9-17-33(25)30(34)15-13-24-12-14-28(37-4)29(21-24)38-5/h6-7,10-12,14,21,23,25H,8-9,13,15-20,22H2,1-5H3/t25-/m0/s1. The van der Waals surface area contributed by atoms with Gasteiger partial charge in [-0.25, -0.2) is 0 Å². The summed E-state index contributed by atoms with van der Waals surface area (Å²) in [7, 11) is 4.86. The lowest BCUT2D eigenvalue weighted by molar-refractivity contribution is -0.134. The van der Waals surface area contributed by atoms with Gasteiger partial charge in [0.05, 0.1) is 32.4 Å². The second-order valence-electron chi connectivity index (χ2n) is 10.4. The number of amides is 2. The van der Waals surface area contributed by atoms with E-state index in [1.807, 2.05) is 52.3 Å². The normalized spacial score (nSPS) is 16.7. The molecule has 1 atom stereocenters. The van der Waals surface area contributed by atoms with Crippen LogP contribution >= 0.6 is 0 Å². The average Bonchev–Trinajstić information content (AvgIpc) is 2.94. The Morgan fingerprint density at radius 1 is 1.03 bits per heavy atom. The maximum atomic E-state index is 13.7. The Bertz CT molecular complexity index is 1070. The molecule has 2 aromatic carbocycles. The minimum Gasteiger partial charge on any atom is -0.493 e. The van der Waals surface area contributed by atoms with Crippen LogP contribution in [0.25, 0.3) is 0 Å². The van der Waals surface area contributed by atoms with Gasteiger partial charge in [-0.3, -0.25) is 9.59 Å². The SMILES string of the molecule is COCCN1CCCCN(C(=O)CCc2ccc(OC)c(OC)c2)[C@@H](CC(C)C)COc2ccccc2C1=O. The molecule has 0 bridgehead atoms. The van der Waals surface area contributed by atoms with E-state index < -0.39 is 0 Å². The van der Waals surface area contributed by atoms with Gasteiger partial charge in [0.2, 0.25) is 5.91 Å². The zero-order chi connectivity index (χ0) is 28.2. The van der Waals surface area contributed by atoms with Crippen LogP contribution in [0.15, 0.2) is 42.5 Å². The highest BCUT2D eigenvalue weighted by atomic mass is 16.5. The molecule has 0 aliphatic carbocycles. The number of fused-ring (bicyclic) bond motifs is 1. The number of para-hydroxylation sites is 1. The van der Waals surface area contributed by atoms with E-state index in [-0.39, 0.29) is 17.9 Å². The van der Waals surface area contributed by atoms with Crippen molar-refractivity contribution in [2.45, 2.75) is 52.0 Å². The molecule has 39 heavy (non-hydrogen) atoms. The first-order chi connectivity index (χ1) is 18.9. The fraction of sp³-hybridized carbons (Fsp3) is 0.548. The first kappa shape index (κ1) is 30.3. The van der Waals surface area contributed by atoms with Crippen LogP contribution in [0.2, 0.25) is 0 Å². The van der Waals surface area contributed by atoms with E-state index in [2.05, 4.69) is 13.8 Å². The summed E-state index contributed by atoms with van der Waals surface area (Å²) in [6.45, 7) is 6.85. The smallest absolute Gasteiger partial charge is 0.257 e. The highest BCUT2D eigenvalue weighted by Gasteiger charge is 2.27. The van der Waals surface area contributed by atoms with E-state index in [0.717, 1.165) is 24.8 Å². The number of aryl methyl sites for hydroxylation is 1. The van der Waals surface area contributed by atoms with Gasteiger partial charge in [0, 0.05) is 33.2 Å². The van der Waals surface area contributed by atoms with Crippen LogP contribution in [0.3, 0.4) is 0 Å². The minimum atomic E-state index is -0.0879. The summed E-state index contributed by atoms with van der Waals surface area (Å²) in [5.41, 5.74) is 1.57. The molecule has 2 amide bonds. The van der Waals surface area contributed by atoms with Gasteiger partial charge in [-0.15, -0.1) is 0 Å². The van der Waals surface area contributed by atoms with Crippen LogP contribution in [0, 0.1) is 5.92 Å². The van der Waals surface area contributed by atoms with E-state index >= 15 is 0 Å². The predicted molar refractivity (Wildman–Crippen MR) is 152 cm³/mol. The molecule has 0 N–H and O–H groups in total. The monoisotopic (exact) mass is 540 g/mol. The number of carbonyl (C=O) groups excluding carboxylic acids is 2. The minimum absolute atomic E-state index is 0.0496. The quantitative estimate of drug-likeness (QED) is 0.429. The molecule has 1 aliphatic heterocycles. The molecule has 1 aliphatic rings. The second-order valence-corrected chi connectivity index (χ2v) is 10.4. The summed E-state index contributed by atoms with van der Waals surface area (Å²) in [5, 5.41) is 0. The van der Waals surface area contributed by atoms with Crippen molar-refractivity contribution in [3.63, 3.8) is 0 Å². The molecule has 0 saturated heterocycles. The third kappa shape index (κ3) is 8.62. The molecular formula is C31H44N2O6. The van der Waals surface area contributed by atoms with E-state index in [1.165, 1.54) is 0 Å². The highest BCUT2D eigenvalue weighted by molar-refractivity contribution is 5.97. The average molecular weight is 541 g/mol. The van der Waals surface area contributed by atoms with E-state index in [4.69, 9.17) is 18.9 Å². The molecule has 8 nitrogen and oxygen atoms in total. The van der Waals surface area contributed by atoms with Crippen molar-refractivity contribution in [1.82, 2.24) is 9.80 Å². The van der Waals surface area contributed by atoms with Crippen LogP contribution in [-0.2, 0) is 16.0 Å². The molecule has 214 valence electrons. The number of benzene rings is 2. The number of carbonyl (C=O) groups is 2. The van der Waals surface area contributed by atoms with Crippen molar-refractivity contribution in [2.24, 2.45) is 5.92 Å². The predicted octanol–water partition coefficient (Wildman–Crippen LogP) is 4.84. The first-order valence-corrected chi connectivity index (χ1v) is 13.9. The van der Waals surface area contributed by atoms with Gasteiger partial charge in [0.15, 0.2) is 11.5 Å². The second kappa shape index (κ2) is 15.4. The van der Waals surface area contributed by atoms with Crippen molar-refractivity contribution < 1.29 is 28.5 Å². The van der Waals surface area contributed by atoms with Gasteiger partial charge in [-0.1, -0.05) is 32.0 Å². The Balaban J connectivity index is 1.82. The maximum absolute atomic E-state index is 13.7. The molecule has 3 rings (SSSR count). The van der Waals surface area contributed by atoms with Crippen molar-refractivity contribution in [3.8, 4) is 17.2 Å². The number of ether oxygens (including phenoxy) is 4. The first-order valence-electron chi connectivity index (χ1n) is 13.9. The molecule has 0 spiro atoms. The number of hydrogen-bond acceptors (Lipinski definition) is 6. The summed E-state index contributed by atoms with van der Waals surface area (Å²) < 4.78 is 22.3. The zero-order valence-corrected chi connectivity index (χ0v) is 24.1. The van der Waals surface area contributed by atoms with Crippen molar-refractivity contribution >= 4 is 11.8 Å². The number of hydrogen-bond donors (Lipinski definition) is 0. The fourth-order valence-corrected chi connectivity index (χ4v) is 5.00. The molecule has 0 saturated carbocycles. The lowest BCUT2D eigenvalue weighted by Gasteiger charge is -2.34. The van der Waals surface area contributed by atoms with Gasteiger partial charge in [-0.05, 0) is 61.4 Å². The van der Waals surface area contributed by atoms with Crippen molar-refractivity contribution in [2.75, 3.05) is 54.2 Å². The van der Waals surface area contributed by atoms with Crippen molar-refractivity contribution in [3.05, 3.63) is 53.6 Å². The zero-order valence-electron chi connectivity index (χ0n) is 24.1. The lowest BCUT2D eigenvalue weighted by Crippen LogP contribution is -2.46. The van der Waals surface area contributed by atoms with E-state index in [1.54, 1.807) is 21.3 Å². The van der Waals surface area contributed by atoms with Gasteiger partial charge in [-0.2, -0.15) is 0 Å². The molecule has 0 aromatic heterocycles. The molecule has 0 fully saturated rings. The summed E-state index contributed by atoms with van der Waals surface area (Å²) >= 11 is 0. The van der Waals surface area contributed by atoms with E-state index in [9.17, 15) is 9.59 Å². The third-order valence-electron chi connectivity index (χ3n) is 7.06. The summed E-state index contributed by atoms with van der Waals surface area (Å²) in [6.07, 6.45) is 3.41. The fourth-order valence-electron chi connectivity index (χ4n) is 5.00.